The SMILES string of the molecule is NNC1=CCC(Cl)CC1. The number of nitrogens with one attached hydrogen (secondary N) is 1. The monoisotopic (exact) mass is 146 g/mol. The summed E-state index contributed by atoms with van der Waals surface area (Å²) >= 11 is 5.83. The molecule has 1 rings (SSSR count). The summed E-state index contributed by atoms with van der Waals surface area (Å²) in [6.07, 6.45) is 5.03. The Morgan fingerprint density at radius 2 is 2.56 bits per heavy atom. The van der Waals surface area contributed by atoms with E-state index in [1.807, 2.05) is 0 Å². The number of alkyl halides is 1. The van der Waals surface area contributed by atoms with Gasteiger partial charge < -0.3 is 5.43 Å². The van der Waals surface area contributed by atoms with Crippen LogP contribution in [0.3, 0.4) is 0 Å². The first-order chi connectivity index (χ1) is 4.33. The van der Waals surface area contributed by atoms with Crippen LogP contribution in [-0.4, -0.2) is 5.38 Å². The highest BCUT2D eigenvalue weighted by Gasteiger charge is 2.09. The van der Waals surface area contributed by atoms with Gasteiger partial charge in [-0.2, -0.15) is 0 Å². The minimum absolute atomic E-state index is 0.321. The standard InChI is InChI=1S/C6H11ClN2/c7-5-1-3-6(9-8)4-2-5/h3,5,9H,1-2,4,8H2. The van der Waals surface area contributed by atoms with Crippen LogP contribution >= 0.6 is 11.6 Å². The van der Waals surface area contributed by atoms with Crippen molar-refractivity contribution in [3.63, 3.8) is 0 Å². The zero-order valence-electron chi connectivity index (χ0n) is 5.23. The van der Waals surface area contributed by atoms with Gasteiger partial charge in [0.25, 0.3) is 0 Å². The topological polar surface area (TPSA) is 38.0 Å². The van der Waals surface area contributed by atoms with Crippen molar-refractivity contribution in [1.29, 1.82) is 0 Å². The number of hydrogen-bond acceptors (Lipinski definition) is 2. The van der Waals surface area contributed by atoms with Gasteiger partial charge in [-0.25, -0.2) is 0 Å². The smallest absolute Gasteiger partial charge is 0.0375 e. The fraction of sp³-hybridized carbons (Fsp3) is 0.667. The molecule has 0 aromatic carbocycles. The fourth-order valence-corrected chi connectivity index (χ4v) is 1.13. The first kappa shape index (κ1) is 6.90. The van der Waals surface area contributed by atoms with Crippen LogP contribution in [0.5, 0.6) is 0 Å². The van der Waals surface area contributed by atoms with Gasteiger partial charge in [-0.3, -0.25) is 5.84 Å². The summed E-state index contributed by atoms with van der Waals surface area (Å²) < 4.78 is 0. The molecule has 0 saturated heterocycles. The molecule has 1 aliphatic carbocycles. The Morgan fingerprint density at radius 1 is 1.78 bits per heavy atom. The van der Waals surface area contributed by atoms with E-state index in [4.69, 9.17) is 17.4 Å². The van der Waals surface area contributed by atoms with Gasteiger partial charge in [-0.15, -0.1) is 11.6 Å². The van der Waals surface area contributed by atoms with Crippen LogP contribution in [0.15, 0.2) is 11.8 Å². The second kappa shape index (κ2) is 3.08. The van der Waals surface area contributed by atoms with E-state index in [-0.39, 0.29) is 0 Å². The van der Waals surface area contributed by atoms with Crippen molar-refractivity contribution in [3.05, 3.63) is 11.8 Å². The second-order valence-corrected chi connectivity index (χ2v) is 2.86. The predicted molar refractivity (Wildman–Crippen MR) is 38.9 cm³/mol. The normalized spacial score (nSPS) is 27.3. The summed E-state index contributed by atoms with van der Waals surface area (Å²) in [5, 5.41) is 0.321. The number of nitrogens with two attached hydrogens (primary N) is 1. The van der Waals surface area contributed by atoms with Crippen LogP contribution in [0.4, 0.5) is 0 Å². The zero-order valence-corrected chi connectivity index (χ0v) is 5.99. The van der Waals surface area contributed by atoms with Crippen molar-refractivity contribution in [2.75, 3.05) is 0 Å². The molecular weight excluding hydrogens is 136 g/mol. The van der Waals surface area contributed by atoms with E-state index < -0.39 is 0 Å². The Morgan fingerprint density at radius 3 is 3.00 bits per heavy atom. The van der Waals surface area contributed by atoms with Crippen LogP contribution in [0.25, 0.3) is 0 Å². The Kier molecular flexibility index (Phi) is 2.37. The molecule has 1 atom stereocenters. The molecule has 9 heavy (non-hydrogen) atoms. The van der Waals surface area contributed by atoms with Crippen LogP contribution in [0.1, 0.15) is 19.3 Å². The Hall–Kier alpha value is -0.210. The highest BCUT2D eigenvalue weighted by atomic mass is 35.5. The minimum atomic E-state index is 0.321. The van der Waals surface area contributed by atoms with Gasteiger partial charge in [0.15, 0.2) is 0 Å². The lowest BCUT2D eigenvalue weighted by Crippen LogP contribution is -2.23. The van der Waals surface area contributed by atoms with Gasteiger partial charge in [-0.05, 0) is 19.3 Å². The maximum absolute atomic E-state index is 5.83. The Bertz CT molecular complexity index is 122. The molecule has 0 amide bonds. The molecule has 0 aromatic heterocycles. The lowest BCUT2D eigenvalue weighted by molar-refractivity contribution is 0.658. The maximum atomic E-state index is 5.83. The van der Waals surface area contributed by atoms with Gasteiger partial charge in [0.05, 0.1) is 0 Å². The highest BCUT2D eigenvalue weighted by Crippen LogP contribution is 2.19. The Labute approximate surface area is 60.0 Å². The molecule has 0 aliphatic heterocycles. The van der Waals surface area contributed by atoms with Crippen LogP contribution in [0.2, 0.25) is 0 Å². The summed E-state index contributed by atoms with van der Waals surface area (Å²) in [6, 6.07) is 0. The van der Waals surface area contributed by atoms with Crippen molar-refractivity contribution in [3.8, 4) is 0 Å². The molecule has 0 radical (unpaired) electrons. The Balaban J connectivity index is 2.40. The van der Waals surface area contributed by atoms with Gasteiger partial charge in [0, 0.05) is 11.1 Å². The molecular formula is C6H11ClN2. The first-order valence-corrected chi connectivity index (χ1v) is 3.56. The summed E-state index contributed by atoms with van der Waals surface area (Å²) in [6.45, 7) is 0. The molecule has 1 unspecified atom stereocenters. The average Bonchev–Trinajstić information content (AvgIpc) is 1.90. The van der Waals surface area contributed by atoms with Gasteiger partial charge in [0.2, 0.25) is 0 Å². The third kappa shape index (κ3) is 1.88. The number of halogens is 1. The molecule has 0 saturated carbocycles. The number of hydrazine groups is 1. The van der Waals surface area contributed by atoms with Crippen LogP contribution < -0.4 is 11.3 Å². The fourth-order valence-electron chi connectivity index (χ4n) is 0.933. The molecule has 3 heteroatoms. The van der Waals surface area contributed by atoms with Crippen LogP contribution in [0, 0.1) is 0 Å². The second-order valence-electron chi connectivity index (χ2n) is 2.25. The van der Waals surface area contributed by atoms with Gasteiger partial charge in [-0.1, -0.05) is 6.08 Å². The molecule has 1 aliphatic rings. The predicted octanol–water partition coefficient (Wildman–Crippen LogP) is 1.12. The lowest BCUT2D eigenvalue weighted by Gasteiger charge is -2.15. The first-order valence-electron chi connectivity index (χ1n) is 3.12. The number of hydrogen-bond donors (Lipinski definition) is 2. The van der Waals surface area contributed by atoms with E-state index in [1.54, 1.807) is 0 Å². The largest absolute Gasteiger partial charge is 0.329 e. The van der Waals surface area contributed by atoms with Crippen molar-refractivity contribution in [1.82, 2.24) is 5.43 Å². The molecule has 3 N–H and O–H groups in total. The molecule has 0 fully saturated rings. The summed E-state index contributed by atoms with van der Waals surface area (Å²) in [4.78, 5) is 0. The lowest BCUT2D eigenvalue weighted by atomic mass is 10.1. The molecule has 0 bridgehead atoms. The van der Waals surface area contributed by atoms with E-state index in [2.05, 4.69) is 11.5 Å². The van der Waals surface area contributed by atoms with E-state index in [0.29, 0.717) is 5.38 Å². The summed E-state index contributed by atoms with van der Waals surface area (Å²) in [7, 11) is 0. The van der Waals surface area contributed by atoms with Crippen molar-refractivity contribution in [2.45, 2.75) is 24.6 Å². The van der Waals surface area contributed by atoms with E-state index in [0.717, 1.165) is 25.0 Å². The maximum Gasteiger partial charge on any atom is 0.0375 e. The third-order valence-electron chi connectivity index (χ3n) is 1.53. The van der Waals surface area contributed by atoms with Crippen molar-refractivity contribution in [2.24, 2.45) is 5.84 Å². The highest BCUT2D eigenvalue weighted by molar-refractivity contribution is 6.20. The van der Waals surface area contributed by atoms with E-state index >= 15 is 0 Å². The molecule has 0 spiro atoms. The van der Waals surface area contributed by atoms with E-state index in [9.17, 15) is 0 Å². The number of allylic oxidation sites excluding steroid dienone is 2. The quantitative estimate of drug-likeness (QED) is 0.331. The zero-order chi connectivity index (χ0) is 6.69. The average molecular weight is 147 g/mol. The minimum Gasteiger partial charge on any atom is -0.329 e. The van der Waals surface area contributed by atoms with Crippen LogP contribution in [-0.2, 0) is 0 Å². The summed E-state index contributed by atoms with van der Waals surface area (Å²) in [5.41, 5.74) is 3.74. The molecule has 2 nitrogen and oxygen atoms in total. The number of rotatable bonds is 1. The van der Waals surface area contributed by atoms with Crippen molar-refractivity contribution < 1.29 is 0 Å². The van der Waals surface area contributed by atoms with Gasteiger partial charge >= 0.3 is 0 Å². The summed E-state index contributed by atoms with van der Waals surface area (Å²) in [5.74, 6) is 5.19. The molecule has 0 aromatic rings. The van der Waals surface area contributed by atoms with Gasteiger partial charge in [0.1, 0.15) is 0 Å². The molecule has 0 heterocycles. The van der Waals surface area contributed by atoms with E-state index in [1.165, 1.54) is 0 Å². The molecule has 52 valence electrons. The third-order valence-corrected chi connectivity index (χ3v) is 1.93. The van der Waals surface area contributed by atoms with Crippen molar-refractivity contribution >= 4 is 11.6 Å².